The van der Waals surface area contributed by atoms with E-state index in [1.807, 2.05) is 21.1 Å². The molecule has 0 aromatic heterocycles. The molecule has 0 aromatic rings. The van der Waals surface area contributed by atoms with E-state index in [0.717, 1.165) is 96.3 Å². The second-order valence-corrected chi connectivity index (χ2v) is 14.9. The molecule has 0 N–H and O–H groups in total. The van der Waals surface area contributed by atoms with Crippen LogP contribution in [0.3, 0.4) is 0 Å². The van der Waals surface area contributed by atoms with Gasteiger partial charge in [0.05, 0.1) is 40.3 Å². The number of aliphatic carboxylic acids is 1. The molecular weight excluding hydrogens is 719 g/mol. The van der Waals surface area contributed by atoms with E-state index in [1.165, 1.54) is 0 Å². The first-order valence-corrected chi connectivity index (χ1v) is 21.4. The zero-order chi connectivity index (χ0) is 42.1. The summed E-state index contributed by atoms with van der Waals surface area (Å²) in [5, 5.41) is 11.6. The Morgan fingerprint density at radius 3 is 1.47 bits per heavy atom. The fraction of sp³-hybridized carbons (Fsp3) is 0.604. The molecule has 2 atom stereocenters. The maximum Gasteiger partial charge on any atom is 0.306 e. The predicted molar refractivity (Wildman–Crippen MR) is 232 cm³/mol. The van der Waals surface area contributed by atoms with Crippen molar-refractivity contribution in [2.45, 2.75) is 142 Å². The van der Waals surface area contributed by atoms with Crippen LogP contribution in [-0.2, 0) is 33.3 Å². The SMILES string of the molecule is CC/C=C\C/C=C\C/C=C\C/C=C\C/C=C\C/C=C\C/C=C\C/C=C\CCCCC(=O)OC(COC(=O)CCCCCCC)COC(OCC[N+](C)(C)C)C(=O)[O-]. The number of rotatable bonds is 37. The average molecular weight is 796 g/mol. The van der Waals surface area contributed by atoms with Crippen LogP contribution in [0.1, 0.15) is 129 Å². The summed E-state index contributed by atoms with van der Waals surface area (Å²) < 4.78 is 22.3. The number of carbonyl (C=O) groups is 3. The number of hydrogen-bond acceptors (Lipinski definition) is 8. The number of ether oxygens (including phenoxy) is 4. The molecule has 0 bridgehead atoms. The van der Waals surface area contributed by atoms with Gasteiger partial charge >= 0.3 is 11.9 Å². The van der Waals surface area contributed by atoms with Crippen molar-refractivity contribution in [2.24, 2.45) is 0 Å². The minimum absolute atomic E-state index is 0.134. The molecular formula is C48H77NO8. The molecule has 0 saturated heterocycles. The van der Waals surface area contributed by atoms with Crippen LogP contribution < -0.4 is 5.11 Å². The van der Waals surface area contributed by atoms with Gasteiger partial charge in [0, 0.05) is 12.8 Å². The molecule has 0 amide bonds. The van der Waals surface area contributed by atoms with Gasteiger partial charge in [-0.05, 0) is 77.0 Å². The molecule has 0 aromatic carbocycles. The van der Waals surface area contributed by atoms with Crippen LogP contribution in [0.4, 0.5) is 0 Å². The fourth-order valence-corrected chi connectivity index (χ4v) is 5.02. The van der Waals surface area contributed by atoms with Gasteiger partial charge in [-0.3, -0.25) is 9.59 Å². The smallest absolute Gasteiger partial charge is 0.306 e. The third kappa shape index (κ3) is 40.2. The maximum atomic E-state index is 12.6. The largest absolute Gasteiger partial charge is 0.545 e. The molecule has 0 aliphatic rings. The quantitative estimate of drug-likeness (QED) is 0.0201. The average Bonchev–Trinajstić information content (AvgIpc) is 3.17. The van der Waals surface area contributed by atoms with Crippen molar-refractivity contribution in [3.63, 3.8) is 0 Å². The number of hydrogen-bond donors (Lipinski definition) is 0. The van der Waals surface area contributed by atoms with Crippen LogP contribution in [0.15, 0.2) is 97.2 Å². The van der Waals surface area contributed by atoms with Crippen LogP contribution in [0.25, 0.3) is 0 Å². The first-order valence-electron chi connectivity index (χ1n) is 21.4. The summed E-state index contributed by atoms with van der Waals surface area (Å²) in [6, 6.07) is 0. The van der Waals surface area contributed by atoms with E-state index < -0.39 is 30.3 Å². The molecule has 0 rings (SSSR count). The summed E-state index contributed by atoms with van der Waals surface area (Å²) in [6.07, 6.45) is 47.8. The molecule has 0 saturated carbocycles. The Kier molecular flexibility index (Phi) is 36.5. The number of quaternary nitrogens is 1. The first kappa shape index (κ1) is 53.2. The molecule has 2 unspecified atom stereocenters. The number of unbranched alkanes of at least 4 members (excludes halogenated alkanes) is 6. The van der Waals surface area contributed by atoms with Gasteiger partial charge in [0.2, 0.25) is 0 Å². The van der Waals surface area contributed by atoms with Crippen LogP contribution in [-0.4, -0.2) is 82.3 Å². The number of nitrogens with zero attached hydrogens (tertiary/aromatic N) is 1. The van der Waals surface area contributed by atoms with Crippen molar-refractivity contribution in [1.82, 2.24) is 0 Å². The highest BCUT2D eigenvalue weighted by Crippen LogP contribution is 2.10. The highest BCUT2D eigenvalue weighted by Gasteiger charge is 2.21. The van der Waals surface area contributed by atoms with Crippen molar-refractivity contribution in [2.75, 3.05) is 47.5 Å². The molecule has 322 valence electrons. The minimum atomic E-state index is -1.63. The molecule has 0 spiro atoms. The van der Waals surface area contributed by atoms with E-state index in [-0.39, 0.29) is 32.7 Å². The van der Waals surface area contributed by atoms with Crippen molar-refractivity contribution in [1.29, 1.82) is 0 Å². The molecule has 9 heteroatoms. The number of allylic oxidation sites excluding steroid dienone is 16. The topological polar surface area (TPSA) is 111 Å². The van der Waals surface area contributed by atoms with Gasteiger partial charge in [-0.2, -0.15) is 0 Å². The summed E-state index contributed by atoms with van der Waals surface area (Å²) in [7, 11) is 5.86. The summed E-state index contributed by atoms with van der Waals surface area (Å²) >= 11 is 0. The molecule has 0 heterocycles. The van der Waals surface area contributed by atoms with Crippen molar-refractivity contribution in [3.8, 4) is 0 Å². The summed E-state index contributed by atoms with van der Waals surface area (Å²) in [5.74, 6) is -2.38. The highest BCUT2D eigenvalue weighted by atomic mass is 16.7. The Morgan fingerprint density at radius 2 is 1.00 bits per heavy atom. The van der Waals surface area contributed by atoms with E-state index in [9.17, 15) is 19.5 Å². The van der Waals surface area contributed by atoms with Gasteiger partial charge in [0.1, 0.15) is 13.2 Å². The Labute approximate surface area is 346 Å². The molecule has 0 aliphatic carbocycles. The Morgan fingerprint density at radius 1 is 0.544 bits per heavy atom. The molecule has 0 radical (unpaired) electrons. The lowest BCUT2D eigenvalue weighted by Gasteiger charge is -2.26. The summed E-state index contributed by atoms with van der Waals surface area (Å²) in [4.78, 5) is 36.6. The Balaban J connectivity index is 4.36. The van der Waals surface area contributed by atoms with E-state index >= 15 is 0 Å². The van der Waals surface area contributed by atoms with E-state index in [0.29, 0.717) is 17.4 Å². The molecule has 9 nitrogen and oxygen atoms in total. The van der Waals surface area contributed by atoms with Crippen LogP contribution in [0.5, 0.6) is 0 Å². The zero-order valence-electron chi connectivity index (χ0n) is 36.2. The second kappa shape index (κ2) is 39.1. The van der Waals surface area contributed by atoms with Gasteiger partial charge in [0.15, 0.2) is 12.4 Å². The zero-order valence-corrected chi connectivity index (χ0v) is 36.2. The molecule has 0 aliphatic heterocycles. The standard InChI is InChI=1S/C48H77NO8/c1-6-8-10-12-13-14-15-16-17-18-19-20-21-22-23-24-25-26-27-28-29-30-31-32-33-35-37-39-46(51)57-44(42-55-45(50)38-36-34-11-9-7-2)43-56-48(47(52)53)54-41-40-49(3,4)5/h8,10,13-14,16-17,19-20,22-23,25-26,28-29,31-32,44,48H,6-7,9,11-12,15,18,21,24,27,30,33-43H2,1-5H3/b10-8-,14-13-,17-16-,20-19-,23-22-,26-25-,29-28-,32-31-. The Bertz CT molecular complexity index is 1250. The highest BCUT2D eigenvalue weighted by molar-refractivity contribution is 5.70. The molecule has 57 heavy (non-hydrogen) atoms. The second-order valence-electron chi connectivity index (χ2n) is 14.9. The van der Waals surface area contributed by atoms with Gasteiger partial charge in [0.25, 0.3) is 0 Å². The lowest BCUT2D eigenvalue weighted by molar-refractivity contribution is -0.870. The van der Waals surface area contributed by atoms with Crippen molar-refractivity contribution < 1.29 is 42.9 Å². The van der Waals surface area contributed by atoms with Crippen LogP contribution >= 0.6 is 0 Å². The minimum Gasteiger partial charge on any atom is -0.545 e. The maximum absolute atomic E-state index is 12.6. The van der Waals surface area contributed by atoms with Gasteiger partial charge in [-0.1, -0.05) is 137 Å². The monoisotopic (exact) mass is 796 g/mol. The number of carboxylic acid groups (broad SMARTS) is 1. The third-order valence-corrected chi connectivity index (χ3v) is 8.35. The number of likely N-dealkylation sites (N-methyl/N-ethyl adjacent to an activating group) is 1. The van der Waals surface area contributed by atoms with Crippen molar-refractivity contribution in [3.05, 3.63) is 97.2 Å². The Hall–Kier alpha value is -3.79. The first-order chi connectivity index (χ1) is 27.6. The fourth-order valence-electron chi connectivity index (χ4n) is 5.02. The van der Waals surface area contributed by atoms with Crippen LogP contribution in [0.2, 0.25) is 0 Å². The van der Waals surface area contributed by atoms with Gasteiger partial charge < -0.3 is 33.3 Å². The number of esters is 2. The van der Waals surface area contributed by atoms with Gasteiger partial charge in [-0.15, -0.1) is 0 Å². The van der Waals surface area contributed by atoms with Crippen LogP contribution in [0, 0.1) is 0 Å². The van der Waals surface area contributed by atoms with E-state index in [4.69, 9.17) is 18.9 Å². The number of carbonyl (C=O) groups excluding carboxylic acids is 3. The third-order valence-electron chi connectivity index (χ3n) is 8.35. The van der Waals surface area contributed by atoms with Gasteiger partial charge in [-0.25, -0.2) is 0 Å². The number of carboxylic acids is 1. The summed E-state index contributed by atoms with van der Waals surface area (Å²) in [6.45, 7) is 4.43. The summed E-state index contributed by atoms with van der Waals surface area (Å²) in [5.41, 5.74) is 0. The predicted octanol–water partition coefficient (Wildman–Crippen LogP) is 9.77. The lowest BCUT2D eigenvalue weighted by atomic mass is 10.1. The van der Waals surface area contributed by atoms with E-state index in [1.54, 1.807) is 0 Å². The lowest BCUT2D eigenvalue weighted by Crippen LogP contribution is -2.44. The van der Waals surface area contributed by atoms with E-state index in [2.05, 4.69) is 111 Å². The normalized spacial score (nSPS) is 13.9. The molecule has 0 fully saturated rings. The van der Waals surface area contributed by atoms with Crippen molar-refractivity contribution >= 4 is 17.9 Å².